The van der Waals surface area contributed by atoms with Crippen molar-refractivity contribution in [1.82, 2.24) is 9.88 Å². The van der Waals surface area contributed by atoms with Gasteiger partial charge in [0.05, 0.1) is 0 Å². The van der Waals surface area contributed by atoms with Gasteiger partial charge in [0, 0.05) is 36.0 Å². The van der Waals surface area contributed by atoms with Crippen LogP contribution in [0, 0.1) is 0 Å². The predicted molar refractivity (Wildman–Crippen MR) is 124 cm³/mol. The van der Waals surface area contributed by atoms with Gasteiger partial charge in [0.1, 0.15) is 0 Å². The van der Waals surface area contributed by atoms with Crippen LogP contribution >= 0.6 is 11.3 Å². The van der Waals surface area contributed by atoms with E-state index in [9.17, 15) is 4.79 Å². The molecule has 0 radical (unpaired) electrons. The highest BCUT2D eigenvalue weighted by molar-refractivity contribution is 7.15. The molecule has 2 heterocycles. The molecule has 0 spiro atoms. The van der Waals surface area contributed by atoms with Crippen LogP contribution in [0.1, 0.15) is 54.5 Å². The van der Waals surface area contributed by atoms with Crippen molar-refractivity contribution >= 4 is 22.4 Å². The molecule has 4 nitrogen and oxygen atoms in total. The molecule has 156 valence electrons. The van der Waals surface area contributed by atoms with Crippen LogP contribution in [-0.4, -0.2) is 28.4 Å². The molecular weight excluding hydrogens is 390 g/mol. The Morgan fingerprint density at radius 2 is 1.77 bits per heavy atom. The summed E-state index contributed by atoms with van der Waals surface area (Å²) >= 11 is 1.59. The van der Waals surface area contributed by atoms with Crippen LogP contribution < -0.4 is 5.32 Å². The Hall–Kier alpha value is -2.50. The fraction of sp³-hybridized carbons (Fsp3) is 0.360. The highest BCUT2D eigenvalue weighted by atomic mass is 32.1. The number of hydrogen-bond acceptors (Lipinski definition) is 4. The summed E-state index contributed by atoms with van der Waals surface area (Å²) in [6.45, 7) is 4.37. The molecule has 1 aliphatic heterocycles. The lowest BCUT2D eigenvalue weighted by Crippen LogP contribution is -2.36. The number of nitrogens with one attached hydrogen (secondary N) is 1. The minimum atomic E-state index is -0.0000494. The van der Waals surface area contributed by atoms with Gasteiger partial charge in [0.15, 0.2) is 5.13 Å². The molecule has 3 aromatic rings. The van der Waals surface area contributed by atoms with E-state index in [-0.39, 0.29) is 11.8 Å². The predicted octanol–water partition coefficient (Wildman–Crippen LogP) is 5.68. The molecule has 1 N–H and O–H groups in total. The van der Waals surface area contributed by atoms with Crippen LogP contribution in [0.3, 0.4) is 0 Å². The average Bonchev–Trinajstić information content (AvgIpc) is 3.21. The first-order valence-electron chi connectivity index (χ1n) is 10.8. The summed E-state index contributed by atoms with van der Waals surface area (Å²) in [5, 5.41) is 3.72. The van der Waals surface area contributed by atoms with Crippen molar-refractivity contribution < 1.29 is 4.79 Å². The Morgan fingerprint density at radius 3 is 2.40 bits per heavy atom. The van der Waals surface area contributed by atoms with E-state index < -0.39 is 0 Å². The Kier molecular flexibility index (Phi) is 6.92. The molecule has 30 heavy (non-hydrogen) atoms. The summed E-state index contributed by atoms with van der Waals surface area (Å²) in [7, 11) is 0. The van der Waals surface area contributed by atoms with Gasteiger partial charge in [0.25, 0.3) is 0 Å². The fourth-order valence-corrected chi connectivity index (χ4v) is 5.04. The number of benzene rings is 2. The maximum atomic E-state index is 12.9. The Labute approximate surface area is 183 Å². The Bertz CT molecular complexity index is 902. The van der Waals surface area contributed by atoms with Crippen molar-refractivity contribution in [3.8, 4) is 0 Å². The molecule has 1 amide bonds. The quantitative estimate of drug-likeness (QED) is 0.536. The van der Waals surface area contributed by atoms with Crippen molar-refractivity contribution in [3.05, 3.63) is 82.9 Å². The molecule has 2 aromatic carbocycles. The second-order valence-electron chi connectivity index (χ2n) is 8.07. The molecular formula is C25H29N3OS. The molecule has 0 bridgehead atoms. The molecule has 1 aromatic heterocycles. The number of anilines is 1. The van der Waals surface area contributed by atoms with Gasteiger partial charge in [0.2, 0.25) is 5.91 Å². The summed E-state index contributed by atoms with van der Waals surface area (Å²) in [6, 6.07) is 21.1. The SMILES string of the molecule is CC1CCCCN1Cc1cnc(NC(=O)CC(c2ccccc2)c2ccccc2)s1. The van der Waals surface area contributed by atoms with E-state index in [1.165, 1.54) is 24.1 Å². The molecule has 5 heteroatoms. The van der Waals surface area contributed by atoms with Gasteiger partial charge in [-0.1, -0.05) is 67.1 Å². The van der Waals surface area contributed by atoms with Gasteiger partial charge < -0.3 is 5.32 Å². The molecule has 1 fully saturated rings. The van der Waals surface area contributed by atoms with E-state index in [1.807, 2.05) is 42.6 Å². The lowest BCUT2D eigenvalue weighted by molar-refractivity contribution is -0.116. The minimum Gasteiger partial charge on any atom is -0.302 e. The van der Waals surface area contributed by atoms with Gasteiger partial charge in [-0.15, -0.1) is 11.3 Å². The molecule has 1 unspecified atom stereocenters. The number of carbonyl (C=O) groups excluding carboxylic acids is 1. The van der Waals surface area contributed by atoms with Crippen LogP contribution in [0.4, 0.5) is 5.13 Å². The normalized spacial score (nSPS) is 17.2. The number of nitrogens with zero attached hydrogens (tertiary/aromatic N) is 2. The van der Waals surface area contributed by atoms with E-state index >= 15 is 0 Å². The van der Waals surface area contributed by atoms with Crippen LogP contribution in [0.5, 0.6) is 0 Å². The number of amides is 1. The number of aromatic nitrogens is 1. The molecule has 0 saturated carbocycles. The summed E-state index contributed by atoms with van der Waals surface area (Å²) < 4.78 is 0. The summed E-state index contributed by atoms with van der Waals surface area (Å²) in [5.74, 6) is 0.0287. The third kappa shape index (κ3) is 5.35. The topological polar surface area (TPSA) is 45.2 Å². The van der Waals surface area contributed by atoms with Gasteiger partial charge in [-0.25, -0.2) is 4.98 Å². The first kappa shape index (κ1) is 20.8. The smallest absolute Gasteiger partial charge is 0.227 e. The summed E-state index contributed by atoms with van der Waals surface area (Å²) in [4.78, 5) is 21.1. The first-order chi connectivity index (χ1) is 14.7. The van der Waals surface area contributed by atoms with E-state index in [2.05, 4.69) is 46.4 Å². The number of likely N-dealkylation sites (tertiary alicyclic amines) is 1. The zero-order valence-electron chi connectivity index (χ0n) is 17.5. The number of hydrogen-bond donors (Lipinski definition) is 1. The van der Waals surface area contributed by atoms with Gasteiger partial charge in [-0.05, 0) is 37.4 Å². The Balaban J connectivity index is 1.41. The third-order valence-corrected chi connectivity index (χ3v) is 6.79. The molecule has 4 rings (SSSR count). The minimum absolute atomic E-state index is 0.0000494. The zero-order chi connectivity index (χ0) is 20.8. The van der Waals surface area contributed by atoms with Gasteiger partial charge in [-0.3, -0.25) is 9.69 Å². The molecule has 1 atom stereocenters. The lowest BCUT2D eigenvalue weighted by atomic mass is 9.88. The monoisotopic (exact) mass is 419 g/mol. The van der Waals surface area contributed by atoms with Crippen LogP contribution in [0.15, 0.2) is 66.9 Å². The van der Waals surface area contributed by atoms with Gasteiger partial charge in [-0.2, -0.15) is 0 Å². The summed E-state index contributed by atoms with van der Waals surface area (Å²) in [5.41, 5.74) is 2.30. The van der Waals surface area contributed by atoms with E-state index in [0.29, 0.717) is 17.6 Å². The van der Waals surface area contributed by atoms with E-state index in [4.69, 9.17) is 0 Å². The first-order valence-corrected chi connectivity index (χ1v) is 11.6. The van der Waals surface area contributed by atoms with Crippen molar-refractivity contribution in [2.24, 2.45) is 0 Å². The van der Waals surface area contributed by atoms with Crippen molar-refractivity contribution in [3.63, 3.8) is 0 Å². The largest absolute Gasteiger partial charge is 0.302 e. The van der Waals surface area contributed by atoms with Crippen molar-refractivity contribution in [1.29, 1.82) is 0 Å². The van der Waals surface area contributed by atoms with E-state index in [1.54, 1.807) is 11.3 Å². The zero-order valence-corrected chi connectivity index (χ0v) is 18.3. The summed E-state index contributed by atoms with van der Waals surface area (Å²) in [6.07, 6.45) is 6.17. The highest BCUT2D eigenvalue weighted by Gasteiger charge is 2.21. The average molecular weight is 420 g/mol. The van der Waals surface area contributed by atoms with Crippen molar-refractivity contribution in [2.45, 2.75) is 51.1 Å². The maximum absolute atomic E-state index is 12.9. The number of piperidine rings is 1. The second-order valence-corrected chi connectivity index (χ2v) is 9.19. The number of carbonyl (C=O) groups is 1. The van der Waals surface area contributed by atoms with E-state index in [0.717, 1.165) is 24.2 Å². The maximum Gasteiger partial charge on any atom is 0.227 e. The number of rotatable bonds is 7. The third-order valence-electron chi connectivity index (χ3n) is 5.89. The fourth-order valence-electron chi connectivity index (χ4n) is 4.19. The molecule has 1 saturated heterocycles. The molecule has 0 aliphatic carbocycles. The second kappa shape index (κ2) is 10.0. The molecule has 1 aliphatic rings. The van der Waals surface area contributed by atoms with Gasteiger partial charge >= 0.3 is 0 Å². The number of thiazole rings is 1. The lowest BCUT2D eigenvalue weighted by Gasteiger charge is -2.32. The highest BCUT2D eigenvalue weighted by Crippen LogP contribution is 2.29. The Morgan fingerprint density at radius 1 is 1.10 bits per heavy atom. The van der Waals surface area contributed by atoms with Crippen molar-refractivity contribution in [2.75, 3.05) is 11.9 Å². The standard InChI is InChI=1S/C25H29N3OS/c1-19-10-8-9-15-28(19)18-22-17-26-25(30-22)27-24(29)16-23(20-11-4-2-5-12-20)21-13-6-3-7-14-21/h2-7,11-14,17,19,23H,8-10,15-16,18H2,1H3,(H,26,27,29). The van der Waals surface area contributed by atoms with Crippen LogP contribution in [0.25, 0.3) is 0 Å². The van der Waals surface area contributed by atoms with Crippen LogP contribution in [0.2, 0.25) is 0 Å². The van der Waals surface area contributed by atoms with Crippen LogP contribution in [-0.2, 0) is 11.3 Å².